The molecule has 1 aliphatic rings. The van der Waals surface area contributed by atoms with E-state index in [-0.39, 0.29) is 11.4 Å². The molecule has 0 amide bonds. The maximum atomic E-state index is 11.0. The first-order chi connectivity index (χ1) is 11.4. The molecule has 0 radical (unpaired) electrons. The quantitative estimate of drug-likeness (QED) is 0.474. The summed E-state index contributed by atoms with van der Waals surface area (Å²) in [6.45, 7) is 6.54. The van der Waals surface area contributed by atoms with Crippen molar-refractivity contribution in [1.82, 2.24) is 9.97 Å². The normalized spacial score (nSPS) is 20.3. The van der Waals surface area contributed by atoms with Crippen molar-refractivity contribution >= 4 is 44.9 Å². The van der Waals surface area contributed by atoms with Gasteiger partial charge >= 0.3 is 0 Å². The van der Waals surface area contributed by atoms with Crippen LogP contribution >= 0.6 is 23.1 Å². The number of fused-ring (bicyclic) bond motifs is 3. The lowest BCUT2D eigenvalue weighted by Crippen LogP contribution is -2.33. The van der Waals surface area contributed by atoms with E-state index in [4.69, 9.17) is 10.5 Å². The minimum absolute atomic E-state index is 0.131. The summed E-state index contributed by atoms with van der Waals surface area (Å²) < 4.78 is 6.03. The first kappa shape index (κ1) is 17.6. The first-order valence-corrected chi connectivity index (χ1v) is 10.1. The Kier molecular flexibility index (Phi) is 5.13. The number of nitrogens with two attached hydrogens (primary N) is 1. The van der Waals surface area contributed by atoms with Crippen LogP contribution in [-0.2, 0) is 22.6 Å². The second-order valence-electron chi connectivity index (χ2n) is 6.50. The fourth-order valence-corrected chi connectivity index (χ4v) is 4.81. The molecule has 0 spiro atoms. The van der Waals surface area contributed by atoms with Crippen LogP contribution in [-0.4, -0.2) is 27.1 Å². The summed E-state index contributed by atoms with van der Waals surface area (Å²) in [5.41, 5.74) is 7.38. The average Bonchev–Trinajstić information content (AvgIpc) is 2.89. The van der Waals surface area contributed by atoms with Crippen LogP contribution in [0.4, 0.5) is 5.82 Å². The van der Waals surface area contributed by atoms with Gasteiger partial charge in [0.25, 0.3) is 0 Å². The molecule has 3 heterocycles. The van der Waals surface area contributed by atoms with Crippen molar-refractivity contribution in [2.45, 2.75) is 63.8 Å². The summed E-state index contributed by atoms with van der Waals surface area (Å²) in [5, 5.41) is 1.70. The Bertz CT molecular complexity index is 775. The Morgan fingerprint density at radius 2 is 2.25 bits per heavy atom. The highest BCUT2D eigenvalue weighted by atomic mass is 32.2. The molecule has 0 saturated carbocycles. The summed E-state index contributed by atoms with van der Waals surface area (Å²) in [6.07, 6.45) is 3.27. The van der Waals surface area contributed by atoms with Gasteiger partial charge in [-0.05, 0) is 32.3 Å². The Morgan fingerprint density at radius 1 is 1.46 bits per heavy atom. The van der Waals surface area contributed by atoms with Crippen molar-refractivity contribution in [2.75, 3.05) is 11.5 Å². The lowest BCUT2D eigenvalue weighted by Gasteiger charge is -2.33. The summed E-state index contributed by atoms with van der Waals surface area (Å²) in [4.78, 5) is 22.3. The van der Waals surface area contributed by atoms with Gasteiger partial charge in [-0.15, -0.1) is 11.3 Å². The number of carbonyl (C=O) groups excluding carboxylic acids is 1. The summed E-state index contributed by atoms with van der Waals surface area (Å²) in [6, 6.07) is 0. The smallest absolute Gasteiger partial charge is 0.190 e. The number of Topliss-reactive ketones (excluding diaryl/α,β-unsaturated/α-hetero) is 1. The van der Waals surface area contributed by atoms with Gasteiger partial charge in [0.05, 0.1) is 17.6 Å². The van der Waals surface area contributed by atoms with Crippen molar-refractivity contribution in [3.8, 4) is 0 Å². The summed E-state index contributed by atoms with van der Waals surface area (Å²) in [7, 11) is 0. The summed E-state index contributed by atoms with van der Waals surface area (Å²) in [5.74, 6) is 1.61. The number of ether oxygens (including phenoxy) is 1. The molecule has 0 bridgehead atoms. The topological polar surface area (TPSA) is 78.1 Å². The van der Waals surface area contributed by atoms with Gasteiger partial charge in [0, 0.05) is 23.5 Å². The molecular weight excluding hydrogens is 342 g/mol. The molecule has 3 rings (SSSR count). The van der Waals surface area contributed by atoms with Crippen molar-refractivity contribution in [3.63, 3.8) is 0 Å². The number of ketones is 1. The van der Waals surface area contributed by atoms with E-state index in [0.29, 0.717) is 24.0 Å². The van der Waals surface area contributed by atoms with Crippen molar-refractivity contribution in [2.24, 2.45) is 0 Å². The molecule has 5 nitrogen and oxygen atoms in total. The lowest BCUT2D eigenvalue weighted by atomic mass is 9.90. The molecule has 1 aliphatic heterocycles. The molecule has 1 atom stereocenters. The highest BCUT2D eigenvalue weighted by Gasteiger charge is 2.32. The van der Waals surface area contributed by atoms with Gasteiger partial charge in [0.2, 0.25) is 0 Å². The number of nitrogen functional groups attached to an aromatic ring is 1. The number of thioether (sulfide) groups is 1. The van der Waals surface area contributed by atoms with E-state index in [1.54, 1.807) is 30.0 Å². The Morgan fingerprint density at radius 3 is 2.96 bits per heavy atom. The van der Waals surface area contributed by atoms with Crippen LogP contribution in [0.3, 0.4) is 0 Å². The highest BCUT2D eigenvalue weighted by molar-refractivity contribution is 7.99. The minimum atomic E-state index is -0.131. The molecule has 7 heteroatoms. The number of anilines is 1. The Labute approximate surface area is 150 Å². The van der Waals surface area contributed by atoms with E-state index in [0.717, 1.165) is 35.2 Å². The van der Waals surface area contributed by atoms with Gasteiger partial charge in [-0.2, -0.15) is 0 Å². The van der Waals surface area contributed by atoms with Gasteiger partial charge in [-0.25, -0.2) is 9.97 Å². The molecule has 130 valence electrons. The third kappa shape index (κ3) is 3.58. The zero-order valence-electron chi connectivity index (χ0n) is 14.3. The number of hydrogen-bond donors (Lipinski definition) is 1. The third-order valence-electron chi connectivity index (χ3n) is 4.50. The predicted molar refractivity (Wildman–Crippen MR) is 99.7 cm³/mol. The number of rotatable bonds is 6. The zero-order chi connectivity index (χ0) is 17.3. The average molecular weight is 366 g/mol. The standard InChI is InChI=1S/C17H23N3O2S2/c1-4-17(3)8-11-12(9-22-17)24-15-13(11)14(18)19-16(20-15)23-7-5-6-10(2)21/h4-9H2,1-3H3,(H2,18,19,20)/t17-/m1/s1. The molecule has 0 aliphatic carbocycles. The van der Waals surface area contributed by atoms with Crippen LogP contribution in [0, 0.1) is 0 Å². The van der Waals surface area contributed by atoms with Crippen LogP contribution in [0.1, 0.15) is 50.5 Å². The van der Waals surface area contributed by atoms with E-state index in [1.165, 1.54) is 10.4 Å². The molecule has 0 aromatic carbocycles. The molecule has 0 fully saturated rings. The molecule has 0 unspecified atom stereocenters. The van der Waals surface area contributed by atoms with Crippen molar-refractivity contribution in [3.05, 3.63) is 10.4 Å². The monoisotopic (exact) mass is 365 g/mol. The maximum Gasteiger partial charge on any atom is 0.190 e. The molecule has 2 aromatic rings. The SMILES string of the molecule is CC[C@]1(C)Cc2c(sc3nc(SCCCC(C)=O)nc(N)c23)CO1. The van der Waals surface area contributed by atoms with Gasteiger partial charge in [-0.3, -0.25) is 0 Å². The van der Waals surface area contributed by atoms with Gasteiger partial charge in [-0.1, -0.05) is 18.7 Å². The number of carbonyl (C=O) groups is 1. The lowest BCUT2D eigenvalue weighted by molar-refractivity contribution is -0.117. The van der Waals surface area contributed by atoms with Crippen molar-refractivity contribution < 1.29 is 9.53 Å². The van der Waals surface area contributed by atoms with E-state index in [9.17, 15) is 4.79 Å². The van der Waals surface area contributed by atoms with E-state index in [1.807, 2.05) is 0 Å². The molecule has 2 N–H and O–H groups in total. The molecule has 24 heavy (non-hydrogen) atoms. The van der Waals surface area contributed by atoms with Gasteiger partial charge < -0.3 is 15.3 Å². The van der Waals surface area contributed by atoms with E-state index >= 15 is 0 Å². The maximum absolute atomic E-state index is 11.0. The van der Waals surface area contributed by atoms with E-state index in [2.05, 4.69) is 23.8 Å². The van der Waals surface area contributed by atoms with Gasteiger partial charge in [0.15, 0.2) is 5.16 Å². The van der Waals surface area contributed by atoms with Crippen LogP contribution in [0.2, 0.25) is 0 Å². The predicted octanol–water partition coefficient (Wildman–Crippen LogP) is 3.98. The second kappa shape index (κ2) is 6.98. The number of aromatic nitrogens is 2. The fraction of sp³-hybridized carbons (Fsp3) is 0.588. The molecule has 2 aromatic heterocycles. The van der Waals surface area contributed by atoms with Crippen molar-refractivity contribution in [1.29, 1.82) is 0 Å². The minimum Gasteiger partial charge on any atom is -0.383 e. The third-order valence-corrected chi connectivity index (χ3v) is 6.53. The van der Waals surface area contributed by atoms with Gasteiger partial charge in [0.1, 0.15) is 16.4 Å². The zero-order valence-corrected chi connectivity index (χ0v) is 16.0. The number of hydrogen-bond acceptors (Lipinski definition) is 7. The highest BCUT2D eigenvalue weighted by Crippen LogP contribution is 2.41. The second-order valence-corrected chi connectivity index (χ2v) is 8.64. The summed E-state index contributed by atoms with van der Waals surface area (Å²) >= 11 is 3.22. The Balaban J connectivity index is 1.84. The Hall–Kier alpha value is -1.18. The van der Waals surface area contributed by atoms with Crippen LogP contribution in [0.25, 0.3) is 10.2 Å². The fourth-order valence-electron chi connectivity index (χ4n) is 2.86. The van der Waals surface area contributed by atoms with Crippen LogP contribution in [0.15, 0.2) is 5.16 Å². The van der Waals surface area contributed by atoms with Crippen LogP contribution < -0.4 is 5.73 Å². The largest absolute Gasteiger partial charge is 0.383 e. The number of thiophene rings is 1. The molecule has 0 saturated heterocycles. The van der Waals surface area contributed by atoms with Crippen LogP contribution in [0.5, 0.6) is 0 Å². The number of nitrogens with zero attached hydrogens (tertiary/aromatic N) is 2. The molecular formula is C17H23N3O2S2. The first-order valence-electron chi connectivity index (χ1n) is 8.26. The van der Waals surface area contributed by atoms with E-state index < -0.39 is 0 Å².